The van der Waals surface area contributed by atoms with Gasteiger partial charge in [0.1, 0.15) is 23.9 Å². The van der Waals surface area contributed by atoms with E-state index in [9.17, 15) is 39.2 Å². The van der Waals surface area contributed by atoms with Gasteiger partial charge >= 0.3 is 5.97 Å². The fourth-order valence-electron chi connectivity index (χ4n) is 4.66. The minimum absolute atomic E-state index is 0.0280. The van der Waals surface area contributed by atoms with Gasteiger partial charge in [0.15, 0.2) is 0 Å². The van der Waals surface area contributed by atoms with Crippen molar-refractivity contribution in [2.45, 2.75) is 63.7 Å². The van der Waals surface area contributed by atoms with Gasteiger partial charge in [-0.3, -0.25) is 29.3 Å². The number of amides is 4. The maximum Gasteiger partial charge on any atom is 0.326 e. The summed E-state index contributed by atoms with van der Waals surface area (Å²) in [6, 6.07) is 7.88. The normalized spacial score (nSPS) is 13.4. The van der Waals surface area contributed by atoms with E-state index in [1.165, 1.54) is 37.1 Å². The van der Waals surface area contributed by atoms with Gasteiger partial charge in [-0.25, -0.2) is 4.79 Å². The van der Waals surface area contributed by atoms with Crippen molar-refractivity contribution in [3.8, 4) is 5.75 Å². The Bertz CT molecular complexity index is 1430. The van der Waals surface area contributed by atoms with Crippen LogP contribution in [-0.4, -0.2) is 89.5 Å². The van der Waals surface area contributed by atoms with Crippen molar-refractivity contribution in [3.63, 3.8) is 0 Å². The number of nitro groups is 1. The van der Waals surface area contributed by atoms with E-state index in [1.807, 2.05) is 6.26 Å². The van der Waals surface area contributed by atoms with E-state index in [0.29, 0.717) is 17.7 Å². The lowest BCUT2D eigenvalue weighted by atomic mass is 10.00. The van der Waals surface area contributed by atoms with E-state index < -0.39 is 65.2 Å². The Morgan fingerprint density at radius 3 is 2.12 bits per heavy atom. The summed E-state index contributed by atoms with van der Waals surface area (Å²) in [6.07, 6.45) is 1.98. The average molecular weight is 689 g/mol. The lowest BCUT2D eigenvalue weighted by molar-refractivity contribution is -0.385. The van der Waals surface area contributed by atoms with Crippen LogP contribution in [0.1, 0.15) is 37.8 Å². The number of hydrogen-bond acceptors (Lipinski definition) is 10. The number of carbonyl (C=O) groups is 5. The van der Waals surface area contributed by atoms with Crippen LogP contribution in [0.3, 0.4) is 0 Å². The number of hydrogen-bond donors (Lipinski definition) is 6. The molecule has 4 amide bonds. The predicted molar refractivity (Wildman–Crippen MR) is 180 cm³/mol. The van der Waals surface area contributed by atoms with Gasteiger partial charge in [-0.2, -0.15) is 11.8 Å². The van der Waals surface area contributed by atoms with E-state index in [1.54, 1.807) is 44.2 Å². The van der Waals surface area contributed by atoms with Crippen molar-refractivity contribution in [1.29, 1.82) is 0 Å². The molecular formula is C32H44N6O9S. The minimum Gasteiger partial charge on any atom is -0.497 e. The highest BCUT2D eigenvalue weighted by Crippen LogP contribution is 2.26. The van der Waals surface area contributed by atoms with E-state index in [-0.39, 0.29) is 42.2 Å². The molecule has 2 aromatic carbocycles. The van der Waals surface area contributed by atoms with Gasteiger partial charge < -0.3 is 36.8 Å². The molecule has 2 aromatic rings. The first-order valence-electron chi connectivity index (χ1n) is 15.3. The smallest absolute Gasteiger partial charge is 0.326 e. The van der Waals surface area contributed by atoms with Crippen LogP contribution in [0.5, 0.6) is 5.75 Å². The first-order chi connectivity index (χ1) is 22.7. The highest BCUT2D eigenvalue weighted by molar-refractivity contribution is 7.98. The van der Waals surface area contributed by atoms with Crippen LogP contribution in [0.25, 0.3) is 0 Å². The molecule has 0 aromatic heterocycles. The number of ether oxygens (including phenoxy) is 1. The van der Waals surface area contributed by atoms with Crippen LogP contribution in [0.4, 0.5) is 5.69 Å². The zero-order chi connectivity index (χ0) is 35.8. The lowest BCUT2D eigenvalue weighted by Gasteiger charge is -2.25. The summed E-state index contributed by atoms with van der Waals surface area (Å²) in [5.41, 5.74) is 6.23. The molecule has 0 aliphatic rings. The van der Waals surface area contributed by atoms with Crippen LogP contribution in [0, 0.1) is 16.0 Å². The second-order valence-corrected chi connectivity index (χ2v) is 12.4. The standard InChI is InChI=1S/C32H44N6O9S/c1-19(2)14-26(32(43)44)37-30(41)24(15-20-8-6-5-7-9-20)36-31(42)25(16-21-10-11-22(47-3)17-27(21)38(45)46)35-28(39)18-34-29(40)23(33)12-13-48-4/h5-11,17,19,23-26H,12-16,18,33H2,1-4H3,(H,34,40)(H,35,39)(H,36,42)(H,37,41)(H,43,44)/t23-,24-,25-,26-/m0/s1. The predicted octanol–water partition coefficient (Wildman–Crippen LogP) is 1.17. The monoisotopic (exact) mass is 688 g/mol. The number of benzene rings is 2. The van der Waals surface area contributed by atoms with E-state index in [0.717, 1.165) is 0 Å². The summed E-state index contributed by atoms with van der Waals surface area (Å²) in [7, 11) is 1.34. The third-order valence-electron chi connectivity index (χ3n) is 7.20. The SMILES string of the molecule is COc1ccc(C[C@H](NC(=O)CNC(=O)[C@@H](N)CCSC)C(=O)N[C@@H](Cc2ccccc2)C(=O)N[C@@H](CC(C)C)C(=O)O)c([N+](=O)[O-])c1. The Hall–Kier alpha value is -4.70. The summed E-state index contributed by atoms with van der Waals surface area (Å²) in [5.74, 6) is -3.47. The van der Waals surface area contributed by atoms with Crippen LogP contribution in [0.2, 0.25) is 0 Å². The molecule has 48 heavy (non-hydrogen) atoms. The van der Waals surface area contributed by atoms with Gasteiger partial charge in [0.2, 0.25) is 23.6 Å². The molecule has 0 fully saturated rings. The van der Waals surface area contributed by atoms with Crippen LogP contribution >= 0.6 is 11.8 Å². The molecule has 0 radical (unpaired) electrons. The summed E-state index contributed by atoms with van der Waals surface area (Å²) in [5, 5.41) is 31.6. The molecule has 0 heterocycles. The van der Waals surface area contributed by atoms with Crippen molar-refractivity contribution in [2.75, 3.05) is 25.7 Å². The van der Waals surface area contributed by atoms with Crippen molar-refractivity contribution < 1.29 is 38.7 Å². The Balaban J connectivity index is 2.40. The number of nitrogens with one attached hydrogen (secondary N) is 4. The molecule has 262 valence electrons. The zero-order valence-corrected chi connectivity index (χ0v) is 28.2. The summed E-state index contributed by atoms with van der Waals surface area (Å²) in [4.78, 5) is 75.8. The highest BCUT2D eigenvalue weighted by atomic mass is 32.2. The molecule has 0 bridgehead atoms. The molecule has 0 aliphatic carbocycles. The van der Waals surface area contributed by atoms with Crippen molar-refractivity contribution in [2.24, 2.45) is 11.7 Å². The van der Waals surface area contributed by atoms with Gasteiger partial charge in [0.05, 0.1) is 30.7 Å². The number of thioether (sulfide) groups is 1. The number of aliphatic carboxylic acids is 1. The molecule has 0 saturated heterocycles. The molecule has 0 spiro atoms. The number of nitrogens with two attached hydrogens (primary N) is 1. The van der Waals surface area contributed by atoms with Crippen molar-refractivity contribution in [3.05, 3.63) is 69.8 Å². The summed E-state index contributed by atoms with van der Waals surface area (Å²) >= 11 is 1.51. The third kappa shape index (κ3) is 13.2. The summed E-state index contributed by atoms with van der Waals surface area (Å²) < 4.78 is 5.09. The van der Waals surface area contributed by atoms with Crippen LogP contribution in [0.15, 0.2) is 48.5 Å². The van der Waals surface area contributed by atoms with Gasteiger partial charge in [0, 0.05) is 18.4 Å². The fourth-order valence-corrected chi connectivity index (χ4v) is 5.15. The second-order valence-electron chi connectivity index (χ2n) is 11.5. The molecule has 0 saturated carbocycles. The lowest BCUT2D eigenvalue weighted by Crippen LogP contribution is -2.57. The maximum absolute atomic E-state index is 13.8. The second kappa shape index (κ2) is 19.8. The van der Waals surface area contributed by atoms with Gasteiger partial charge in [-0.05, 0) is 48.5 Å². The minimum atomic E-state index is -1.45. The van der Waals surface area contributed by atoms with Crippen LogP contribution < -0.4 is 31.7 Å². The number of rotatable bonds is 20. The molecular weight excluding hydrogens is 644 g/mol. The fraction of sp³-hybridized carbons (Fsp3) is 0.469. The highest BCUT2D eigenvalue weighted by Gasteiger charge is 2.32. The number of carbonyl (C=O) groups excluding carboxylic acids is 4. The molecule has 16 heteroatoms. The quantitative estimate of drug-likeness (QED) is 0.0854. The first-order valence-corrected chi connectivity index (χ1v) is 16.6. The van der Waals surface area contributed by atoms with Gasteiger partial charge in [-0.15, -0.1) is 0 Å². The Morgan fingerprint density at radius 2 is 1.56 bits per heavy atom. The molecule has 0 unspecified atom stereocenters. The number of carboxylic acids is 1. The van der Waals surface area contributed by atoms with Crippen LogP contribution in [-0.2, 0) is 36.8 Å². The number of nitro benzene ring substituents is 1. The third-order valence-corrected chi connectivity index (χ3v) is 7.84. The average Bonchev–Trinajstić information content (AvgIpc) is 3.05. The largest absolute Gasteiger partial charge is 0.497 e. The topological polar surface area (TPSA) is 232 Å². The molecule has 4 atom stereocenters. The Kier molecular flexibility index (Phi) is 16.3. The first kappa shape index (κ1) is 39.5. The molecule has 2 rings (SSSR count). The van der Waals surface area contributed by atoms with Crippen molar-refractivity contribution >= 4 is 47.0 Å². The molecule has 15 nitrogen and oxygen atoms in total. The number of nitrogens with zero attached hydrogens (tertiary/aromatic N) is 1. The summed E-state index contributed by atoms with van der Waals surface area (Å²) in [6.45, 7) is 3.07. The molecule has 7 N–H and O–H groups in total. The molecule has 0 aliphatic heterocycles. The zero-order valence-electron chi connectivity index (χ0n) is 27.4. The van der Waals surface area contributed by atoms with E-state index >= 15 is 0 Å². The Labute approximate surface area is 283 Å². The Morgan fingerprint density at radius 1 is 0.938 bits per heavy atom. The van der Waals surface area contributed by atoms with E-state index in [4.69, 9.17) is 10.5 Å². The number of carboxylic acid groups (broad SMARTS) is 1. The van der Waals surface area contributed by atoms with E-state index in [2.05, 4.69) is 21.3 Å². The maximum atomic E-state index is 13.8. The number of methoxy groups -OCH3 is 1. The van der Waals surface area contributed by atoms with Gasteiger partial charge in [0.25, 0.3) is 5.69 Å². The van der Waals surface area contributed by atoms with Crippen molar-refractivity contribution in [1.82, 2.24) is 21.3 Å². The van der Waals surface area contributed by atoms with Gasteiger partial charge in [-0.1, -0.05) is 44.2 Å².